The zero-order valence-corrected chi connectivity index (χ0v) is 16.5. The zero-order chi connectivity index (χ0) is 20.1. The number of nitrogens with one attached hydrogen (secondary N) is 2. The third kappa shape index (κ3) is 4.81. The van der Waals surface area contributed by atoms with Crippen LogP contribution in [0.4, 0.5) is 11.6 Å². The standard InChI is InChI=1S/C18H15ClN6O2S/c1-10(26)21-11-6-7-12(13(19)9-11)16(27)24-17-22-15(23-18(25-17)28-2)14-5-3-4-8-20-14/h3-9H,1-2H3,(H,21,26)(H,22,23,24,25,27). The summed E-state index contributed by atoms with van der Waals surface area (Å²) < 4.78 is 0. The van der Waals surface area contributed by atoms with Crippen molar-refractivity contribution in [2.45, 2.75) is 12.1 Å². The summed E-state index contributed by atoms with van der Waals surface area (Å²) in [6.07, 6.45) is 3.45. The molecule has 10 heteroatoms. The normalized spacial score (nSPS) is 10.4. The Morgan fingerprint density at radius 2 is 1.89 bits per heavy atom. The van der Waals surface area contributed by atoms with Gasteiger partial charge in [-0.15, -0.1) is 0 Å². The van der Waals surface area contributed by atoms with Crippen molar-refractivity contribution in [2.75, 3.05) is 16.9 Å². The highest BCUT2D eigenvalue weighted by Gasteiger charge is 2.15. The number of carbonyl (C=O) groups is 2. The number of hydrogen-bond donors (Lipinski definition) is 2. The van der Waals surface area contributed by atoms with Crippen molar-refractivity contribution in [3.05, 3.63) is 53.2 Å². The first-order valence-electron chi connectivity index (χ1n) is 8.06. The summed E-state index contributed by atoms with van der Waals surface area (Å²) >= 11 is 7.50. The van der Waals surface area contributed by atoms with E-state index >= 15 is 0 Å². The highest BCUT2D eigenvalue weighted by molar-refractivity contribution is 7.98. The van der Waals surface area contributed by atoms with Gasteiger partial charge in [0.05, 0.1) is 10.6 Å². The molecule has 0 aliphatic rings. The summed E-state index contributed by atoms with van der Waals surface area (Å²) in [4.78, 5) is 40.8. The van der Waals surface area contributed by atoms with Crippen LogP contribution in [0.2, 0.25) is 5.02 Å². The Morgan fingerprint density at radius 1 is 1.07 bits per heavy atom. The summed E-state index contributed by atoms with van der Waals surface area (Å²) in [5.74, 6) is -0.274. The summed E-state index contributed by atoms with van der Waals surface area (Å²) in [6, 6.07) is 9.97. The molecule has 2 heterocycles. The van der Waals surface area contributed by atoms with Crippen LogP contribution in [0.5, 0.6) is 0 Å². The summed E-state index contributed by atoms with van der Waals surface area (Å²) in [5.41, 5.74) is 1.28. The van der Waals surface area contributed by atoms with Gasteiger partial charge in [-0.05, 0) is 36.6 Å². The molecule has 1 aromatic carbocycles. The van der Waals surface area contributed by atoms with Gasteiger partial charge in [-0.2, -0.15) is 9.97 Å². The van der Waals surface area contributed by atoms with Crippen LogP contribution in [0.15, 0.2) is 47.8 Å². The number of benzene rings is 1. The second kappa shape index (κ2) is 8.77. The average molecular weight is 415 g/mol. The number of anilines is 2. The molecular weight excluding hydrogens is 400 g/mol. The smallest absolute Gasteiger partial charge is 0.259 e. The van der Waals surface area contributed by atoms with E-state index in [-0.39, 0.29) is 22.4 Å². The van der Waals surface area contributed by atoms with Gasteiger partial charge in [0.15, 0.2) is 11.0 Å². The number of carbonyl (C=O) groups excluding carboxylic acids is 2. The van der Waals surface area contributed by atoms with Gasteiger partial charge >= 0.3 is 0 Å². The van der Waals surface area contributed by atoms with E-state index < -0.39 is 5.91 Å². The largest absolute Gasteiger partial charge is 0.326 e. The van der Waals surface area contributed by atoms with E-state index in [1.807, 2.05) is 12.3 Å². The quantitative estimate of drug-likeness (QED) is 0.614. The number of nitrogens with zero attached hydrogens (tertiary/aromatic N) is 4. The van der Waals surface area contributed by atoms with Gasteiger partial charge < -0.3 is 5.32 Å². The molecule has 0 radical (unpaired) electrons. The molecule has 0 bridgehead atoms. The SMILES string of the molecule is CSc1nc(NC(=O)c2ccc(NC(C)=O)cc2Cl)nc(-c2ccccn2)n1. The number of rotatable bonds is 5. The Hall–Kier alpha value is -3.04. The van der Waals surface area contributed by atoms with E-state index in [0.29, 0.717) is 22.4 Å². The first-order valence-corrected chi connectivity index (χ1v) is 9.66. The van der Waals surface area contributed by atoms with Crippen molar-refractivity contribution in [2.24, 2.45) is 0 Å². The predicted molar refractivity (Wildman–Crippen MR) is 109 cm³/mol. The molecule has 2 amide bonds. The lowest BCUT2D eigenvalue weighted by Crippen LogP contribution is -2.16. The molecule has 0 saturated carbocycles. The topological polar surface area (TPSA) is 110 Å². The maximum Gasteiger partial charge on any atom is 0.259 e. The maximum atomic E-state index is 12.6. The highest BCUT2D eigenvalue weighted by Crippen LogP contribution is 2.23. The van der Waals surface area contributed by atoms with Gasteiger partial charge in [0, 0.05) is 18.8 Å². The molecule has 0 fully saturated rings. The van der Waals surface area contributed by atoms with Crippen LogP contribution < -0.4 is 10.6 Å². The molecule has 8 nitrogen and oxygen atoms in total. The van der Waals surface area contributed by atoms with E-state index in [1.165, 1.54) is 30.8 Å². The molecule has 0 unspecified atom stereocenters. The fraction of sp³-hybridized carbons (Fsp3) is 0.111. The average Bonchev–Trinajstić information content (AvgIpc) is 2.68. The van der Waals surface area contributed by atoms with Crippen molar-refractivity contribution < 1.29 is 9.59 Å². The van der Waals surface area contributed by atoms with Crippen molar-refractivity contribution >= 4 is 46.8 Å². The third-order valence-corrected chi connectivity index (χ3v) is 4.31. The van der Waals surface area contributed by atoms with Crippen molar-refractivity contribution in [3.8, 4) is 11.5 Å². The van der Waals surface area contributed by atoms with Gasteiger partial charge in [0.1, 0.15) is 5.69 Å². The molecule has 3 rings (SSSR count). The van der Waals surface area contributed by atoms with E-state index in [4.69, 9.17) is 11.6 Å². The lowest BCUT2D eigenvalue weighted by Gasteiger charge is -2.09. The monoisotopic (exact) mass is 414 g/mol. The summed E-state index contributed by atoms with van der Waals surface area (Å²) in [5, 5.41) is 5.86. The first kappa shape index (κ1) is 19.7. The molecule has 28 heavy (non-hydrogen) atoms. The second-order valence-corrected chi connectivity index (χ2v) is 6.69. The Morgan fingerprint density at radius 3 is 2.54 bits per heavy atom. The van der Waals surface area contributed by atoms with Crippen LogP contribution in [0.1, 0.15) is 17.3 Å². The number of hydrogen-bond acceptors (Lipinski definition) is 7. The molecule has 0 saturated heterocycles. The molecule has 2 aromatic heterocycles. The van der Waals surface area contributed by atoms with E-state index in [0.717, 1.165) is 0 Å². The summed E-state index contributed by atoms with van der Waals surface area (Å²) in [7, 11) is 0. The van der Waals surface area contributed by atoms with Crippen LogP contribution in [-0.2, 0) is 4.79 Å². The Kier molecular flexibility index (Phi) is 6.17. The molecule has 3 aromatic rings. The number of amides is 2. The molecule has 0 aliphatic heterocycles. The first-order chi connectivity index (χ1) is 13.5. The molecule has 0 atom stereocenters. The van der Waals surface area contributed by atoms with Gasteiger partial charge in [-0.25, -0.2) is 4.98 Å². The van der Waals surface area contributed by atoms with Gasteiger partial charge in [0.25, 0.3) is 5.91 Å². The van der Waals surface area contributed by atoms with Crippen LogP contribution in [0.3, 0.4) is 0 Å². The fourth-order valence-electron chi connectivity index (χ4n) is 2.26. The van der Waals surface area contributed by atoms with Crippen LogP contribution in [-0.4, -0.2) is 38.0 Å². The van der Waals surface area contributed by atoms with Crippen LogP contribution in [0.25, 0.3) is 11.5 Å². The number of aromatic nitrogens is 4. The van der Waals surface area contributed by atoms with Crippen LogP contribution in [0, 0.1) is 0 Å². The minimum absolute atomic E-state index is 0.0898. The maximum absolute atomic E-state index is 12.6. The van der Waals surface area contributed by atoms with Gasteiger partial charge in [-0.3, -0.25) is 19.9 Å². The second-order valence-electron chi connectivity index (χ2n) is 5.51. The summed E-state index contributed by atoms with van der Waals surface area (Å²) in [6.45, 7) is 1.39. The van der Waals surface area contributed by atoms with E-state index in [1.54, 1.807) is 24.4 Å². The van der Waals surface area contributed by atoms with Crippen molar-refractivity contribution in [1.29, 1.82) is 0 Å². The number of thioether (sulfide) groups is 1. The van der Waals surface area contributed by atoms with E-state index in [9.17, 15) is 9.59 Å². The number of halogens is 1. The lowest BCUT2D eigenvalue weighted by molar-refractivity contribution is -0.114. The highest BCUT2D eigenvalue weighted by atomic mass is 35.5. The van der Waals surface area contributed by atoms with Crippen LogP contribution >= 0.6 is 23.4 Å². The molecule has 0 spiro atoms. The molecule has 142 valence electrons. The predicted octanol–water partition coefficient (Wildman–Crippen LogP) is 3.52. The molecule has 0 aliphatic carbocycles. The van der Waals surface area contributed by atoms with Crippen molar-refractivity contribution in [1.82, 2.24) is 19.9 Å². The Labute approximate surface area is 170 Å². The molecule has 2 N–H and O–H groups in total. The fourth-order valence-corrected chi connectivity index (χ4v) is 2.88. The van der Waals surface area contributed by atoms with Crippen molar-refractivity contribution in [3.63, 3.8) is 0 Å². The molecular formula is C18H15ClN6O2S. The minimum Gasteiger partial charge on any atom is -0.326 e. The minimum atomic E-state index is -0.482. The van der Waals surface area contributed by atoms with E-state index in [2.05, 4.69) is 30.6 Å². The Balaban J connectivity index is 1.87. The van der Waals surface area contributed by atoms with Gasteiger partial charge in [-0.1, -0.05) is 29.4 Å². The zero-order valence-electron chi connectivity index (χ0n) is 14.9. The number of pyridine rings is 1. The lowest BCUT2D eigenvalue weighted by atomic mass is 10.2. The van der Waals surface area contributed by atoms with Gasteiger partial charge in [0.2, 0.25) is 11.9 Å². The Bertz CT molecular complexity index is 1030. The third-order valence-electron chi connectivity index (χ3n) is 3.45.